The predicted octanol–water partition coefficient (Wildman–Crippen LogP) is 1.99. The summed E-state index contributed by atoms with van der Waals surface area (Å²) in [4.78, 5) is 12.7. The summed E-state index contributed by atoms with van der Waals surface area (Å²) in [6.45, 7) is 0.703. The molecular weight excluding hydrogens is 232 g/mol. The van der Waals surface area contributed by atoms with Crippen LogP contribution in [0.1, 0.15) is 10.4 Å². The Bertz CT molecular complexity index is 473. The number of nitrogens with zero attached hydrogens (tertiary/aromatic N) is 1. The van der Waals surface area contributed by atoms with Gasteiger partial charge in [0, 0.05) is 30.9 Å². The number of carbonyl (C=O) groups excluding carboxylic acids is 1. The van der Waals surface area contributed by atoms with Gasteiger partial charge in [-0.05, 0) is 29.5 Å². The first-order valence-electron chi connectivity index (χ1n) is 5.64. The van der Waals surface area contributed by atoms with E-state index in [0.29, 0.717) is 13.0 Å². The zero-order chi connectivity index (χ0) is 12.1. The molecule has 90 valence electrons. The molecule has 0 radical (unpaired) electrons. The van der Waals surface area contributed by atoms with Crippen LogP contribution in [0.3, 0.4) is 0 Å². The van der Waals surface area contributed by atoms with Crippen molar-refractivity contribution in [1.29, 1.82) is 0 Å². The Hall–Kier alpha value is -1.55. The van der Waals surface area contributed by atoms with Crippen LogP contribution in [0.25, 0.3) is 0 Å². The number of rotatable bonds is 5. The van der Waals surface area contributed by atoms with Crippen molar-refractivity contribution in [3.8, 4) is 0 Å². The largest absolute Gasteiger partial charge is 0.357 e. The molecule has 0 bridgehead atoms. The van der Waals surface area contributed by atoms with E-state index in [1.807, 2.05) is 35.3 Å². The van der Waals surface area contributed by atoms with E-state index in [-0.39, 0.29) is 5.91 Å². The number of aryl methyl sites for hydroxylation is 1. The van der Waals surface area contributed by atoms with Crippen LogP contribution in [0, 0.1) is 0 Å². The molecule has 0 saturated heterocycles. The number of hydrogen-bond acceptors (Lipinski definition) is 2. The fourth-order valence-corrected chi connectivity index (χ4v) is 2.39. The molecule has 2 aromatic heterocycles. The molecule has 17 heavy (non-hydrogen) atoms. The van der Waals surface area contributed by atoms with Gasteiger partial charge >= 0.3 is 0 Å². The molecule has 1 N–H and O–H groups in total. The fourth-order valence-electron chi connectivity index (χ4n) is 1.69. The molecule has 0 atom stereocenters. The van der Waals surface area contributed by atoms with Gasteiger partial charge in [0.2, 0.25) is 5.91 Å². The zero-order valence-corrected chi connectivity index (χ0v) is 10.7. The van der Waals surface area contributed by atoms with E-state index >= 15 is 0 Å². The van der Waals surface area contributed by atoms with Crippen LogP contribution in [-0.4, -0.2) is 17.0 Å². The van der Waals surface area contributed by atoms with E-state index in [9.17, 15) is 4.79 Å². The lowest BCUT2D eigenvalue weighted by Gasteiger charge is -2.02. The second kappa shape index (κ2) is 5.68. The first-order valence-corrected chi connectivity index (χ1v) is 6.52. The van der Waals surface area contributed by atoms with E-state index in [2.05, 4.69) is 17.6 Å². The van der Waals surface area contributed by atoms with Crippen molar-refractivity contribution >= 4 is 17.2 Å². The average molecular weight is 248 g/mol. The van der Waals surface area contributed by atoms with Crippen molar-refractivity contribution < 1.29 is 4.79 Å². The highest BCUT2D eigenvalue weighted by Gasteiger charge is 2.03. The number of amides is 1. The van der Waals surface area contributed by atoms with Crippen LogP contribution >= 0.6 is 11.3 Å². The molecule has 0 fully saturated rings. The third-order valence-electron chi connectivity index (χ3n) is 2.54. The molecule has 3 nitrogen and oxygen atoms in total. The zero-order valence-electron chi connectivity index (χ0n) is 9.85. The minimum atomic E-state index is 0.100. The standard InChI is InChI=1S/C13H16N2OS/c1-15-7-5-11(10-15)4-6-14-13(16)9-12-3-2-8-17-12/h2-3,5,7-8,10H,4,6,9H2,1H3,(H,14,16). The van der Waals surface area contributed by atoms with Crippen molar-refractivity contribution in [1.82, 2.24) is 9.88 Å². The summed E-state index contributed by atoms with van der Waals surface area (Å²) in [6.07, 6.45) is 5.47. The minimum absolute atomic E-state index is 0.100. The summed E-state index contributed by atoms with van der Waals surface area (Å²) < 4.78 is 2.02. The van der Waals surface area contributed by atoms with Crippen molar-refractivity contribution in [2.75, 3.05) is 6.54 Å². The highest BCUT2D eigenvalue weighted by Crippen LogP contribution is 2.08. The van der Waals surface area contributed by atoms with E-state index in [1.54, 1.807) is 11.3 Å². The number of nitrogens with one attached hydrogen (secondary N) is 1. The molecule has 0 saturated carbocycles. The van der Waals surface area contributed by atoms with Gasteiger partial charge in [-0.15, -0.1) is 11.3 Å². The second-order valence-corrected chi connectivity index (χ2v) is 5.07. The molecule has 1 amide bonds. The molecule has 2 rings (SSSR count). The lowest BCUT2D eigenvalue weighted by molar-refractivity contribution is -0.120. The molecule has 0 aliphatic heterocycles. The van der Waals surface area contributed by atoms with Gasteiger partial charge in [-0.25, -0.2) is 0 Å². The van der Waals surface area contributed by atoms with E-state index in [4.69, 9.17) is 0 Å². The second-order valence-electron chi connectivity index (χ2n) is 4.04. The van der Waals surface area contributed by atoms with Crippen molar-refractivity contribution in [2.45, 2.75) is 12.8 Å². The Morgan fingerprint density at radius 3 is 3.00 bits per heavy atom. The third kappa shape index (κ3) is 3.75. The van der Waals surface area contributed by atoms with Gasteiger partial charge in [0.15, 0.2) is 0 Å². The van der Waals surface area contributed by atoms with Gasteiger partial charge in [0.1, 0.15) is 0 Å². The molecular formula is C13H16N2OS. The molecule has 0 aliphatic carbocycles. The van der Waals surface area contributed by atoms with Gasteiger partial charge < -0.3 is 9.88 Å². The Balaban J connectivity index is 1.70. The fraction of sp³-hybridized carbons (Fsp3) is 0.308. The van der Waals surface area contributed by atoms with E-state index in [1.165, 1.54) is 5.56 Å². The van der Waals surface area contributed by atoms with Crippen molar-refractivity contribution in [2.24, 2.45) is 7.05 Å². The van der Waals surface area contributed by atoms with Crippen LogP contribution in [0.2, 0.25) is 0 Å². The maximum Gasteiger partial charge on any atom is 0.225 e. The van der Waals surface area contributed by atoms with Crippen LogP contribution in [0.4, 0.5) is 0 Å². The molecule has 2 heterocycles. The molecule has 4 heteroatoms. The van der Waals surface area contributed by atoms with Crippen LogP contribution in [0.15, 0.2) is 36.0 Å². The van der Waals surface area contributed by atoms with Crippen molar-refractivity contribution in [3.05, 3.63) is 46.4 Å². The Morgan fingerprint density at radius 2 is 2.35 bits per heavy atom. The molecule has 0 unspecified atom stereocenters. The van der Waals surface area contributed by atoms with Crippen LogP contribution in [0.5, 0.6) is 0 Å². The highest BCUT2D eigenvalue weighted by atomic mass is 32.1. The number of aromatic nitrogens is 1. The summed E-state index contributed by atoms with van der Waals surface area (Å²) in [5, 5.41) is 4.93. The molecule has 2 aromatic rings. The first kappa shape index (κ1) is 11.9. The number of carbonyl (C=O) groups is 1. The van der Waals surface area contributed by atoms with Gasteiger partial charge in [-0.2, -0.15) is 0 Å². The summed E-state index contributed by atoms with van der Waals surface area (Å²) in [6, 6.07) is 6.03. The Morgan fingerprint density at radius 1 is 1.47 bits per heavy atom. The first-order chi connectivity index (χ1) is 8.24. The summed E-state index contributed by atoms with van der Waals surface area (Å²) >= 11 is 1.62. The van der Waals surface area contributed by atoms with Gasteiger partial charge in [0.25, 0.3) is 0 Å². The number of hydrogen-bond donors (Lipinski definition) is 1. The Labute approximate surface area is 105 Å². The topological polar surface area (TPSA) is 34.0 Å². The molecule has 0 aromatic carbocycles. The SMILES string of the molecule is Cn1ccc(CCNC(=O)Cc2cccs2)c1. The molecule has 0 spiro atoms. The van der Waals surface area contributed by atoms with Crippen molar-refractivity contribution in [3.63, 3.8) is 0 Å². The summed E-state index contributed by atoms with van der Waals surface area (Å²) in [5.74, 6) is 0.100. The molecule has 0 aliphatic rings. The Kier molecular flexibility index (Phi) is 3.98. The lowest BCUT2D eigenvalue weighted by atomic mass is 10.2. The third-order valence-corrected chi connectivity index (χ3v) is 3.42. The summed E-state index contributed by atoms with van der Waals surface area (Å²) in [5.41, 5.74) is 1.25. The predicted molar refractivity (Wildman–Crippen MR) is 70.1 cm³/mol. The van der Waals surface area contributed by atoms with Crippen LogP contribution in [-0.2, 0) is 24.7 Å². The van der Waals surface area contributed by atoms with Gasteiger partial charge in [-0.1, -0.05) is 6.07 Å². The maximum absolute atomic E-state index is 11.6. The number of thiophene rings is 1. The van der Waals surface area contributed by atoms with Gasteiger partial charge in [-0.3, -0.25) is 4.79 Å². The highest BCUT2D eigenvalue weighted by molar-refractivity contribution is 7.10. The van der Waals surface area contributed by atoms with E-state index < -0.39 is 0 Å². The van der Waals surface area contributed by atoms with Crippen LogP contribution < -0.4 is 5.32 Å². The smallest absolute Gasteiger partial charge is 0.225 e. The minimum Gasteiger partial charge on any atom is -0.357 e. The lowest BCUT2D eigenvalue weighted by Crippen LogP contribution is -2.26. The average Bonchev–Trinajstić information content (AvgIpc) is 2.90. The van der Waals surface area contributed by atoms with Gasteiger partial charge in [0.05, 0.1) is 6.42 Å². The monoisotopic (exact) mass is 248 g/mol. The normalized spacial score (nSPS) is 10.4. The maximum atomic E-state index is 11.6. The quantitative estimate of drug-likeness (QED) is 0.862. The van der Waals surface area contributed by atoms with E-state index in [0.717, 1.165) is 11.3 Å². The summed E-state index contributed by atoms with van der Waals surface area (Å²) in [7, 11) is 2.00.